The molecule has 2 fully saturated rings. The van der Waals surface area contributed by atoms with Gasteiger partial charge in [0.1, 0.15) is 0 Å². The van der Waals surface area contributed by atoms with E-state index in [1.165, 1.54) is 8.61 Å². The largest absolute Gasteiger partial charge is 0.351 e. The summed E-state index contributed by atoms with van der Waals surface area (Å²) in [6.07, 6.45) is 4.58. The quantitative estimate of drug-likeness (QED) is 0.239. The number of nitrogens with zero attached hydrogens (tertiary/aromatic N) is 2. The predicted octanol–water partition coefficient (Wildman–Crippen LogP) is 6.18. The van der Waals surface area contributed by atoms with Gasteiger partial charge in [0.25, 0.3) is 0 Å². The molecule has 0 heterocycles. The monoisotopic (exact) mass is 732 g/mol. The molecule has 0 aliphatic heterocycles. The van der Waals surface area contributed by atoms with E-state index in [0.717, 1.165) is 36.8 Å². The van der Waals surface area contributed by atoms with Crippen molar-refractivity contribution in [2.45, 2.75) is 141 Å². The van der Waals surface area contributed by atoms with E-state index in [1.807, 2.05) is 93.5 Å². The number of aryl methyl sites for hydroxylation is 2. The zero-order valence-electron chi connectivity index (χ0n) is 31.7. The van der Waals surface area contributed by atoms with Gasteiger partial charge in [0.15, 0.2) is 0 Å². The third-order valence-electron chi connectivity index (χ3n) is 8.64. The normalized spacial score (nSPS) is 20.6. The number of rotatable bonds is 14. The summed E-state index contributed by atoms with van der Waals surface area (Å²) in [7, 11) is -7.17. The van der Waals surface area contributed by atoms with Crippen LogP contribution in [0.5, 0.6) is 0 Å². The highest BCUT2D eigenvalue weighted by Crippen LogP contribution is 2.41. The fourth-order valence-electron chi connectivity index (χ4n) is 5.74. The van der Waals surface area contributed by atoms with E-state index in [2.05, 4.69) is 10.6 Å². The van der Waals surface area contributed by atoms with E-state index in [1.54, 1.807) is 24.3 Å². The molecule has 0 spiro atoms. The first-order valence-electron chi connectivity index (χ1n) is 17.9. The van der Waals surface area contributed by atoms with E-state index in [-0.39, 0.29) is 46.8 Å². The van der Waals surface area contributed by atoms with Gasteiger partial charge in [0.2, 0.25) is 31.9 Å². The van der Waals surface area contributed by atoms with E-state index in [0.29, 0.717) is 35.7 Å². The van der Waals surface area contributed by atoms with Gasteiger partial charge >= 0.3 is 0 Å². The smallest absolute Gasteiger partial charge is 0.243 e. The average molecular weight is 733 g/mol. The van der Waals surface area contributed by atoms with E-state index in [9.17, 15) is 26.4 Å². The summed E-state index contributed by atoms with van der Waals surface area (Å²) in [5, 5.41) is 5.92. The van der Waals surface area contributed by atoms with Crippen LogP contribution in [0.25, 0.3) is 0 Å². The molecule has 0 unspecified atom stereocenters. The van der Waals surface area contributed by atoms with Crippen molar-refractivity contribution in [3.63, 3.8) is 0 Å². The third kappa shape index (κ3) is 11.6. The van der Waals surface area contributed by atoms with Crippen LogP contribution >= 0.6 is 0 Å². The summed E-state index contributed by atoms with van der Waals surface area (Å²) in [4.78, 5) is 25.4. The van der Waals surface area contributed by atoms with Gasteiger partial charge in [0, 0.05) is 36.3 Å². The van der Waals surface area contributed by atoms with Gasteiger partial charge in [-0.1, -0.05) is 62.1 Å². The molecule has 0 radical (unpaired) electrons. The molecule has 0 bridgehead atoms. The lowest BCUT2D eigenvalue weighted by molar-refractivity contribution is -0.124. The van der Waals surface area contributed by atoms with Gasteiger partial charge < -0.3 is 10.6 Å². The molecule has 2 aromatic carbocycles. The summed E-state index contributed by atoms with van der Waals surface area (Å²) in [6.45, 7) is 20.4. The van der Waals surface area contributed by atoms with Crippen LogP contribution in [0.1, 0.15) is 105 Å². The highest BCUT2D eigenvalue weighted by Gasteiger charge is 2.52. The Bertz CT molecular complexity index is 1540. The van der Waals surface area contributed by atoms with Crippen LogP contribution in [-0.4, -0.2) is 73.5 Å². The van der Waals surface area contributed by atoms with Crippen LogP contribution in [0, 0.1) is 25.7 Å². The molecule has 50 heavy (non-hydrogen) atoms. The molecule has 2 aliphatic rings. The summed E-state index contributed by atoms with van der Waals surface area (Å²) in [6, 6.07) is 13.4. The lowest BCUT2D eigenvalue weighted by Crippen LogP contribution is -2.43. The Morgan fingerprint density at radius 2 is 0.920 bits per heavy atom. The first-order chi connectivity index (χ1) is 23.1. The molecule has 4 atom stereocenters. The minimum atomic E-state index is -3.58. The van der Waals surface area contributed by atoms with Crippen LogP contribution in [-0.2, 0) is 29.6 Å². The molecule has 0 aromatic heterocycles. The SMILES string of the molecule is CCCCN([C@H]1C[C@@H]1C(=O)NC(C)(C)C)S(=O)(=O)c1ccc(C)cc1.CCCCN([C@H]1C[C@@H]1C(=O)NC(C)(C)C)S(=O)(=O)c1ccc(C)cc1. The van der Waals surface area contributed by atoms with Gasteiger partial charge in [-0.25, -0.2) is 16.8 Å². The molecule has 2 aliphatic carbocycles. The number of benzene rings is 2. The second-order valence-corrected chi connectivity index (χ2v) is 19.6. The Kier molecular flexibility index (Phi) is 13.9. The Morgan fingerprint density at radius 3 is 1.18 bits per heavy atom. The topological polar surface area (TPSA) is 133 Å². The number of unbranched alkanes of at least 4 members (excludes halogenated alkanes) is 2. The van der Waals surface area contributed by atoms with Crippen molar-refractivity contribution in [3.8, 4) is 0 Å². The maximum absolute atomic E-state index is 13.1. The first kappa shape index (κ1) is 41.6. The van der Waals surface area contributed by atoms with E-state index in [4.69, 9.17) is 0 Å². The molecule has 10 nitrogen and oxygen atoms in total. The molecule has 0 saturated heterocycles. The Morgan fingerprint density at radius 1 is 0.620 bits per heavy atom. The lowest BCUT2D eigenvalue weighted by Gasteiger charge is -2.24. The van der Waals surface area contributed by atoms with Crippen molar-refractivity contribution in [2.75, 3.05) is 13.1 Å². The number of sulfonamides is 2. The third-order valence-corrected chi connectivity index (χ3v) is 12.5. The van der Waals surface area contributed by atoms with Crippen LogP contribution in [0.15, 0.2) is 58.3 Å². The van der Waals surface area contributed by atoms with E-state index >= 15 is 0 Å². The van der Waals surface area contributed by atoms with Gasteiger partial charge in [-0.3, -0.25) is 9.59 Å². The summed E-state index contributed by atoms with van der Waals surface area (Å²) < 4.78 is 55.4. The van der Waals surface area contributed by atoms with Crippen LogP contribution in [0.3, 0.4) is 0 Å². The van der Waals surface area contributed by atoms with Gasteiger partial charge in [-0.2, -0.15) is 8.61 Å². The van der Waals surface area contributed by atoms with Crippen molar-refractivity contribution in [1.29, 1.82) is 0 Å². The van der Waals surface area contributed by atoms with Crippen LogP contribution in [0.2, 0.25) is 0 Å². The minimum Gasteiger partial charge on any atom is -0.351 e. The molecule has 4 rings (SSSR count). The van der Waals surface area contributed by atoms with Gasteiger partial charge in [-0.15, -0.1) is 0 Å². The minimum absolute atomic E-state index is 0.0573. The number of amides is 2. The zero-order valence-corrected chi connectivity index (χ0v) is 33.4. The number of carbonyl (C=O) groups is 2. The summed E-state index contributed by atoms with van der Waals surface area (Å²) >= 11 is 0. The van der Waals surface area contributed by atoms with Crippen molar-refractivity contribution < 1.29 is 26.4 Å². The van der Waals surface area contributed by atoms with Crippen LogP contribution < -0.4 is 10.6 Å². The summed E-state index contributed by atoms with van der Waals surface area (Å²) in [5.74, 6) is -0.621. The van der Waals surface area contributed by atoms with Crippen molar-refractivity contribution >= 4 is 31.9 Å². The number of carbonyl (C=O) groups excluding carboxylic acids is 2. The second kappa shape index (κ2) is 16.7. The molecule has 2 amide bonds. The predicted molar refractivity (Wildman–Crippen MR) is 200 cm³/mol. The maximum Gasteiger partial charge on any atom is 0.243 e. The van der Waals surface area contributed by atoms with E-state index < -0.39 is 20.0 Å². The molecule has 280 valence electrons. The summed E-state index contributed by atoms with van der Waals surface area (Å²) in [5.41, 5.74) is 1.42. The van der Waals surface area contributed by atoms with Crippen molar-refractivity contribution in [2.24, 2.45) is 11.8 Å². The van der Waals surface area contributed by atoms with Crippen molar-refractivity contribution in [3.05, 3.63) is 59.7 Å². The van der Waals surface area contributed by atoms with Crippen LogP contribution in [0.4, 0.5) is 0 Å². The number of hydrogen-bond acceptors (Lipinski definition) is 6. The maximum atomic E-state index is 13.1. The molecule has 2 N–H and O–H groups in total. The number of hydrogen-bond donors (Lipinski definition) is 2. The standard InChI is InChI=1S/2C19H30N2O3S/c2*1-6-7-12-21(17-13-16(17)18(22)20-19(3,4)5)25(23,24)15-10-8-14(2)9-11-15/h2*8-11,16-17H,6-7,12-13H2,1-5H3,(H,20,22)/t2*16-,17-/m00/s1. The fourth-order valence-corrected chi connectivity index (χ4v) is 9.16. The lowest BCUT2D eigenvalue weighted by atomic mass is 10.1. The second-order valence-electron chi connectivity index (χ2n) is 15.9. The first-order valence-corrected chi connectivity index (χ1v) is 20.8. The zero-order chi connectivity index (χ0) is 37.7. The highest BCUT2D eigenvalue weighted by atomic mass is 32.2. The molecular formula is C38H60N4O6S2. The molecule has 2 saturated carbocycles. The molecular weight excluding hydrogens is 673 g/mol. The Labute approximate surface area is 301 Å². The van der Waals surface area contributed by atoms with Gasteiger partial charge in [0.05, 0.1) is 21.6 Å². The molecule has 2 aromatic rings. The number of nitrogens with one attached hydrogen (secondary N) is 2. The highest BCUT2D eigenvalue weighted by molar-refractivity contribution is 7.89. The Hall–Kier alpha value is -2.80. The fraction of sp³-hybridized carbons (Fsp3) is 0.632. The average Bonchev–Trinajstić information content (AvgIpc) is 3.92. The Balaban J connectivity index is 0.000000270. The van der Waals surface area contributed by atoms with Crippen molar-refractivity contribution in [1.82, 2.24) is 19.2 Å². The molecule has 12 heteroatoms. The van der Waals surface area contributed by atoms with Gasteiger partial charge in [-0.05, 0) is 105 Å².